The number of thiazole rings is 1. The van der Waals surface area contributed by atoms with Crippen molar-refractivity contribution < 1.29 is 13.5 Å². The van der Waals surface area contributed by atoms with Gasteiger partial charge in [-0.05, 0) is 18.8 Å². The van der Waals surface area contributed by atoms with E-state index in [2.05, 4.69) is 9.71 Å². The van der Waals surface area contributed by atoms with Gasteiger partial charge in [0.15, 0.2) is 15.1 Å². The molecule has 0 bridgehead atoms. The first kappa shape index (κ1) is 14.3. The molecule has 3 rings (SSSR count). The van der Waals surface area contributed by atoms with E-state index in [9.17, 15) is 13.5 Å². The van der Waals surface area contributed by atoms with Crippen molar-refractivity contribution in [1.29, 1.82) is 0 Å². The Balaban J connectivity index is 1.84. The minimum Gasteiger partial charge on any atom is -0.393 e. The molecule has 1 fully saturated rings. The smallest absolute Gasteiger partial charge is 0.259 e. The number of fused-ring (bicyclic) bond motifs is 1. The first-order chi connectivity index (χ1) is 9.49. The van der Waals surface area contributed by atoms with Gasteiger partial charge in [0.1, 0.15) is 0 Å². The average Bonchev–Trinajstić information content (AvgIpc) is 3.02. The summed E-state index contributed by atoms with van der Waals surface area (Å²) >= 11 is 7.24. The van der Waals surface area contributed by atoms with Gasteiger partial charge < -0.3 is 5.11 Å². The Bertz CT molecular complexity index is 724. The Hall–Kier alpha value is -0.670. The van der Waals surface area contributed by atoms with Crippen LogP contribution < -0.4 is 4.72 Å². The number of halogens is 1. The molecule has 1 aliphatic rings. The van der Waals surface area contributed by atoms with Gasteiger partial charge in [0.2, 0.25) is 0 Å². The molecular formula is C11H14ClN3O3S2. The highest BCUT2D eigenvalue weighted by molar-refractivity contribution is 7.89. The van der Waals surface area contributed by atoms with Crippen LogP contribution in [0.25, 0.3) is 4.96 Å². The van der Waals surface area contributed by atoms with Crippen molar-refractivity contribution in [1.82, 2.24) is 14.1 Å². The summed E-state index contributed by atoms with van der Waals surface area (Å²) in [6.07, 6.45) is 3.68. The van der Waals surface area contributed by atoms with Crippen molar-refractivity contribution in [3.05, 3.63) is 16.7 Å². The van der Waals surface area contributed by atoms with E-state index in [-0.39, 0.29) is 22.6 Å². The monoisotopic (exact) mass is 335 g/mol. The number of hydrogen-bond acceptors (Lipinski definition) is 5. The van der Waals surface area contributed by atoms with Crippen molar-refractivity contribution in [2.45, 2.75) is 30.4 Å². The third-order valence-electron chi connectivity index (χ3n) is 3.59. The summed E-state index contributed by atoms with van der Waals surface area (Å²) in [4.78, 5) is 4.55. The fourth-order valence-corrected chi connectivity index (χ4v) is 5.06. The number of sulfonamides is 1. The number of rotatable bonds is 4. The van der Waals surface area contributed by atoms with Gasteiger partial charge in [0.25, 0.3) is 10.0 Å². The Kier molecular flexibility index (Phi) is 3.76. The van der Waals surface area contributed by atoms with E-state index in [0.29, 0.717) is 4.96 Å². The second-order valence-electron chi connectivity index (χ2n) is 4.87. The predicted octanol–water partition coefficient (Wildman–Crippen LogP) is 1.49. The number of hydrogen-bond donors (Lipinski definition) is 2. The van der Waals surface area contributed by atoms with E-state index < -0.39 is 16.1 Å². The fraction of sp³-hybridized carbons (Fsp3) is 0.545. The van der Waals surface area contributed by atoms with Crippen LogP contribution in [0.1, 0.15) is 19.3 Å². The van der Waals surface area contributed by atoms with Crippen LogP contribution in [0.4, 0.5) is 0 Å². The third-order valence-corrected chi connectivity index (χ3v) is 6.17. The lowest BCUT2D eigenvalue weighted by Crippen LogP contribution is -2.33. The van der Waals surface area contributed by atoms with E-state index in [4.69, 9.17) is 11.6 Å². The molecule has 0 aliphatic heterocycles. The van der Waals surface area contributed by atoms with Crippen molar-refractivity contribution in [2.75, 3.05) is 6.54 Å². The molecule has 110 valence electrons. The quantitative estimate of drug-likeness (QED) is 0.886. The van der Waals surface area contributed by atoms with E-state index in [0.717, 1.165) is 19.3 Å². The SMILES string of the molecule is O=S(=O)(NCC1CCCC1O)c1c(Cl)nc2sccn12. The molecule has 2 aromatic rings. The number of nitrogens with zero attached hydrogens (tertiary/aromatic N) is 2. The van der Waals surface area contributed by atoms with Crippen LogP contribution in [0.3, 0.4) is 0 Å². The molecule has 2 aromatic heterocycles. The number of aromatic nitrogens is 2. The van der Waals surface area contributed by atoms with Crippen LogP contribution >= 0.6 is 22.9 Å². The number of aliphatic hydroxyl groups excluding tert-OH is 1. The number of nitrogens with one attached hydrogen (secondary N) is 1. The maximum Gasteiger partial charge on any atom is 0.259 e. The molecule has 0 saturated heterocycles. The summed E-state index contributed by atoms with van der Waals surface area (Å²) in [5.74, 6) is -0.0329. The van der Waals surface area contributed by atoms with Gasteiger partial charge in [-0.25, -0.2) is 18.1 Å². The minimum absolute atomic E-state index is 0.0312. The Morgan fingerprint density at radius 3 is 3.05 bits per heavy atom. The minimum atomic E-state index is -3.74. The molecular weight excluding hydrogens is 322 g/mol. The highest BCUT2D eigenvalue weighted by Gasteiger charge is 2.29. The zero-order valence-electron chi connectivity index (χ0n) is 10.5. The maximum atomic E-state index is 12.4. The van der Waals surface area contributed by atoms with Gasteiger partial charge in [0.05, 0.1) is 6.10 Å². The summed E-state index contributed by atoms with van der Waals surface area (Å²) in [6, 6.07) is 0. The molecule has 20 heavy (non-hydrogen) atoms. The van der Waals surface area contributed by atoms with Gasteiger partial charge in [0, 0.05) is 18.1 Å². The summed E-state index contributed by atoms with van der Waals surface area (Å²) in [5.41, 5.74) is 0. The number of aliphatic hydroxyl groups is 1. The molecule has 0 aromatic carbocycles. The lowest BCUT2D eigenvalue weighted by molar-refractivity contribution is 0.134. The molecule has 0 amide bonds. The van der Waals surface area contributed by atoms with Gasteiger partial charge in [-0.3, -0.25) is 4.40 Å². The van der Waals surface area contributed by atoms with Crippen molar-refractivity contribution in [2.24, 2.45) is 5.92 Å². The molecule has 0 spiro atoms. The van der Waals surface area contributed by atoms with Crippen LogP contribution in [0, 0.1) is 5.92 Å². The topological polar surface area (TPSA) is 83.7 Å². The highest BCUT2D eigenvalue weighted by atomic mass is 35.5. The van der Waals surface area contributed by atoms with Gasteiger partial charge >= 0.3 is 0 Å². The molecule has 2 N–H and O–H groups in total. The second-order valence-corrected chi connectivity index (χ2v) is 7.79. The van der Waals surface area contributed by atoms with Crippen molar-refractivity contribution in [3.8, 4) is 0 Å². The van der Waals surface area contributed by atoms with Gasteiger partial charge in [-0.15, -0.1) is 11.3 Å². The summed E-state index contributed by atoms with van der Waals surface area (Å²) in [5, 5.41) is 11.4. The first-order valence-corrected chi connectivity index (χ1v) is 9.02. The molecule has 2 atom stereocenters. The van der Waals surface area contributed by atoms with E-state index >= 15 is 0 Å². The van der Waals surface area contributed by atoms with E-state index in [1.54, 1.807) is 11.6 Å². The Morgan fingerprint density at radius 2 is 2.35 bits per heavy atom. The second kappa shape index (κ2) is 5.27. The first-order valence-electron chi connectivity index (χ1n) is 6.28. The molecule has 9 heteroatoms. The van der Waals surface area contributed by atoms with E-state index in [1.807, 2.05) is 0 Å². The largest absolute Gasteiger partial charge is 0.393 e. The standard InChI is InChI=1S/C11H14ClN3O3S2/c12-9-10(15-4-5-19-11(15)14-9)20(17,18)13-6-7-2-1-3-8(7)16/h4-5,7-8,13,16H,1-3,6H2. The maximum absolute atomic E-state index is 12.4. The summed E-state index contributed by atoms with van der Waals surface area (Å²) < 4.78 is 28.7. The molecule has 1 aliphatic carbocycles. The molecule has 0 radical (unpaired) electrons. The summed E-state index contributed by atoms with van der Waals surface area (Å²) in [6.45, 7) is 0.219. The normalized spacial score (nSPS) is 23.7. The summed E-state index contributed by atoms with van der Waals surface area (Å²) in [7, 11) is -3.74. The fourth-order valence-electron chi connectivity index (χ4n) is 2.52. The molecule has 2 unspecified atom stereocenters. The zero-order chi connectivity index (χ0) is 14.3. The highest BCUT2D eigenvalue weighted by Crippen LogP contribution is 2.27. The average molecular weight is 336 g/mol. The van der Waals surface area contributed by atoms with Crippen LogP contribution in [0.15, 0.2) is 16.6 Å². The van der Waals surface area contributed by atoms with Gasteiger partial charge in [-0.1, -0.05) is 18.0 Å². The molecule has 1 saturated carbocycles. The van der Waals surface area contributed by atoms with Crippen molar-refractivity contribution in [3.63, 3.8) is 0 Å². The van der Waals surface area contributed by atoms with Gasteiger partial charge in [-0.2, -0.15) is 0 Å². The zero-order valence-corrected chi connectivity index (χ0v) is 12.9. The number of imidazole rings is 1. The Labute approximate surface area is 125 Å². The van der Waals surface area contributed by atoms with Crippen LogP contribution in [0.2, 0.25) is 5.15 Å². The molecule has 2 heterocycles. The Morgan fingerprint density at radius 1 is 1.55 bits per heavy atom. The van der Waals surface area contributed by atoms with E-state index in [1.165, 1.54) is 15.7 Å². The predicted molar refractivity (Wildman–Crippen MR) is 76.6 cm³/mol. The lowest BCUT2D eigenvalue weighted by Gasteiger charge is -2.15. The lowest BCUT2D eigenvalue weighted by atomic mass is 10.1. The van der Waals surface area contributed by atoms with Crippen LogP contribution in [-0.2, 0) is 10.0 Å². The third kappa shape index (κ3) is 2.46. The van der Waals surface area contributed by atoms with Crippen LogP contribution in [0.5, 0.6) is 0 Å². The van der Waals surface area contributed by atoms with Crippen LogP contribution in [-0.4, -0.2) is 35.6 Å². The van der Waals surface area contributed by atoms with Crippen molar-refractivity contribution >= 4 is 37.9 Å². The molecule has 6 nitrogen and oxygen atoms in total.